The zero-order valence-corrected chi connectivity index (χ0v) is 15.7. The number of carbonyl (C=O) groups is 4. The van der Waals surface area contributed by atoms with E-state index in [0.29, 0.717) is 5.69 Å². The number of hydrogen-bond acceptors (Lipinski definition) is 5. The maximum Gasteiger partial charge on any atom is 0.250 e. The van der Waals surface area contributed by atoms with Crippen LogP contribution in [0.3, 0.4) is 0 Å². The Labute approximate surface area is 160 Å². The third kappa shape index (κ3) is 2.25. The van der Waals surface area contributed by atoms with Crippen LogP contribution in [0.2, 0.25) is 0 Å². The number of benzene rings is 1. The zero-order chi connectivity index (χ0) is 20.6. The van der Waals surface area contributed by atoms with Crippen LogP contribution in [0.5, 0.6) is 0 Å². The average molecular weight is 388 g/mol. The highest BCUT2D eigenvalue weighted by molar-refractivity contribution is 6.15. The van der Waals surface area contributed by atoms with E-state index in [2.05, 4.69) is 10.6 Å². The first-order valence-electron chi connectivity index (χ1n) is 9.04. The number of imide groups is 1. The molecule has 28 heavy (non-hydrogen) atoms. The van der Waals surface area contributed by atoms with Crippen molar-refractivity contribution >= 4 is 29.3 Å². The minimum absolute atomic E-state index is 0.224. The van der Waals surface area contributed by atoms with Gasteiger partial charge in [-0.05, 0) is 39.0 Å². The standard InChI is InChI=1S/C19H21FN4O4/c1-18(2,3)24-15(26)13-11(7-12(21)25)23-19(14(13)16(24)27)9-6-8(20)4-5-10(9)22-17(19)28/h4-6,11,13-14,23H,7H2,1-3H3,(H2,21,25)(H,22,28)/t11?,13-,14+,19?/m1/s1. The summed E-state index contributed by atoms with van der Waals surface area (Å²) in [5.74, 6) is -4.81. The third-order valence-electron chi connectivity index (χ3n) is 5.77. The van der Waals surface area contributed by atoms with Gasteiger partial charge in [0.1, 0.15) is 11.4 Å². The van der Waals surface area contributed by atoms with Crippen molar-refractivity contribution in [3.05, 3.63) is 29.6 Å². The molecule has 3 aliphatic heterocycles. The summed E-state index contributed by atoms with van der Waals surface area (Å²) < 4.78 is 14.0. The van der Waals surface area contributed by atoms with Crippen LogP contribution < -0.4 is 16.4 Å². The lowest BCUT2D eigenvalue weighted by atomic mass is 9.76. The fraction of sp³-hybridized carbons (Fsp3) is 0.474. The minimum atomic E-state index is -1.63. The average Bonchev–Trinajstić information content (AvgIpc) is 3.12. The van der Waals surface area contributed by atoms with Crippen molar-refractivity contribution in [2.24, 2.45) is 17.6 Å². The predicted molar refractivity (Wildman–Crippen MR) is 96.0 cm³/mol. The molecule has 2 unspecified atom stereocenters. The van der Waals surface area contributed by atoms with Crippen molar-refractivity contribution in [2.45, 2.75) is 44.3 Å². The fourth-order valence-electron chi connectivity index (χ4n) is 4.83. The Kier molecular flexibility index (Phi) is 3.71. The second-order valence-electron chi connectivity index (χ2n) is 8.56. The van der Waals surface area contributed by atoms with Crippen molar-refractivity contribution in [3.63, 3.8) is 0 Å². The summed E-state index contributed by atoms with van der Waals surface area (Å²) in [5, 5.41) is 5.68. The molecule has 0 bridgehead atoms. The molecule has 0 radical (unpaired) electrons. The van der Waals surface area contributed by atoms with Crippen molar-refractivity contribution in [1.29, 1.82) is 0 Å². The molecule has 4 atom stereocenters. The van der Waals surface area contributed by atoms with E-state index in [1.165, 1.54) is 18.2 Å². The summed E-state index contributed by atoms with van der Waals surface area (Å²) in [7, 11) is 0. The summed E-state index contributed by atoms with van der Waals surface area (Å²) in [4.78, 5) is 52.3. The van der Waals surface area contributed by atoms with Crippen LogP contribution in [0.4, 0.5) is 10.1 Å². The highest BCUT2D eigenvalue weighted by Gasteiger charge is 2.71. The molecule has 8 nitrogen and oxygen atoms in total. The fourth-order valence-corrected chi connectivity index (χ4v) is 4.83. The second-order valence-corrected chi connectivity index (χ2v) is 8.56. The summed E-state index contributed by atoms with van der Waals surface area (Å²) in [6.07, 6.45) is -0.224. The number of primary amides is 1. The second kappa shape index (κ2) is 5.60. The van der Waals surface area contributed by atoms with Gasteiger partial charge in [-0.25, -0.2) is 4.39 Å². The molecular formula is C19H21FN4O4. The zero-order valence-electron chi connectivity index (χ0n) is 15.7. The Morgan fingerprint density at radius 3 is 2.54 bits per heavy atom. The van der Waals surface area contributed by atoms with E-state index in [-0.39, 0.29) is 12.0 Å². The van der Waals surface area contributed by atoms with Gasteiger partial charge in [-0.1, -0.05) is 0 Å². The quantitative estimate of drug-likeness (QED) is 0.626. The van der Waals surface area contributed by atoms with Gasteiger partial charge in [0, 0.05) is 29.3 Å². The summed E-state index contributed by atoms with van der Waals surface area (Å²) in [6.45, 7) is 5.15. The smallest absolute Gasteiger partial charge is 0.250 e. The van der Waals surface area contributed by atoms with E-state index in [1.807, 2.05) is 0 Å². The number of nitrogens with two attached hydrogens (primary N) is 1. The van der Waals surface area contributed by atoms with Gasteiger partial charge < -0.3 is 11.1 Å². The lowest BCUT2D eigenvalue weighted by molar-refractivity contribution is -0.147. The Balaban J connectivity index is 1.92. The van der Waals surface area contributed by atoms with E-state index in [4.69, 9.17) is 5.73 Å². The lowest BCUT2D eigenvalue weighted by Gasteiger charge is -2.34. The van der Waals surface area contributed by atoms with Crippen LogP contribution in [0.25, 0.3) is 0 Å². The molecular weight excluding hydrogens is 367 g/mol. The van der Waals surface area contributed by atoms with Gasteiger partial charge in [0.15, 0.2) is 0 Å². The van der Waals surface area contributed by atoms with E-state index in [1.54, 1.807) is 20.8 Å². The Bertz CT molecular complexity index is 940. The van der Waals surface area contributed by atoms with Crippen LogP contribution in [-0.4, -0.2) is 40.1 Å². The number of carbonyl (C=O) groups excluding carboxylic acids is 4. The number of anilines is 1. The van der Waals surface area contributed by atoms with E-state index < -0.39 is 58.4 Å². The van der Waals surface area contributed by atoms with Crippen molar-refractivity contribution in [2.75, 3.05) is 5.32 Å². The molecule has 4 N–H and O–H groups in total. The Hall–Kier alpha value is -2.81. The molecule has 1 spiro atoms. The van der Waals surface area contributed by atoms with E-state index >= 15 is 0 Å². The summed E-state index contributed by atoms with van der Waals surface area (Å²) in [5.41, 5.74) is 3.54. The van der Waals surface area contributed by atoms with Crippen molar-refractivity contribution in [1.82, 2.24) is 10.2 Å². The highest BCUT2D eigenvalue weighted by atomic mass is 19.1. The number of halogens is 1. The third-order valence-corrected chi connectivity index (χ3v) is 5.77. The molecule has 2 saturated heterocycles. The molecule has 0 saturated carbocycles. The molecule has 3 heterocycles. The Morgan fingerprint density at radius 2 is 1.93 bits per heavy atom. The first kappa shape index (κ1) is 18.5. The van der Waals surface area contributed by atoms with Crippen molar-refractivity contribution in [3.8, 4) is 0 Å². The van der Waals surface area contributed by atoms with Crippen LogP contribution in [0.1, 0.15) is 32.8 Å². The summed E-state index contributed by atoms with van der Waals surface area (Å²) >= 11 is 0. The van der Waals surface area contributed by atoms with Crippen LogP contribution >= 0.6 is 0 Å². The van der Waals surface area contributed by atoms with Crippen molar-refractivity contribution < 1.29 is 23.6 Å². The van der Waals surface area contributed by atoms with Gasteiger partial charge in [-0.2, -0.15) is 0 Å². The molecule has 0 aliphatic carbocycles. The van der Waals surface area contributed by atoms with Gasteiger partial charge in [0.25, 0.3) is 0 Å². The molecule has 4 amide bonds. The van der Waals surface area contributed by atoms with E-state index in [9.17, 15) is 23.6 Å². The number of amides is 4. The molecule has 4 rings (SSSR count). The number of rotatable bonds is 2. The molecule has 9 heteroatoms. The Morgan fingerprint density at radius 1 is 1.25 bits per heavy atom. The number of hydrogen-bond donors (Lipinski definition) is 3. The van der Waals surface area contributed by atoms with Gasteiger partial charge in [0.2, 0.25) is 23.6 Å². The van der Waals surface area contributed by atoms with Gasteiger partial charge in [-0.15, -0.1) is 0 Å². The van der Waals surface area contributed by atoms with Gasteiger partial charge in [0.05, 0.1) is 11.8 Å². The topological polar surface area (TPSA) is 122 Å². The number of likely N-dealkylation sites (tertiary alicyclic amines) is 1. The maximum absolute atomic E-state index is 14.0. The molecule has 3 aliphatic rings. The first-order valence-corrected chi connectivity index (χ1v) is 9.04. The molecule has 1 aromatic carbocycles. The normalized spacial score (nSPS) is 31.4. The van der Waals surface area contributed by atoms with Gasteiger partial charge >= 0.3 is 0 Å². The van der Waals surface area contributed by atoms with Crippen LogP contribution in [0.15, 0.2) is 18.2 Å². The summed E-state index contributed by atoms with van der Waals surface area (Å²) in [6, 6.07) is 2.99. The maximum atomic E-state index is 14.0. The monoisotopic (exact) mass is 388 g/mol. The van der Waals surface area contributed by atoms with Crippen LogP contribution in [-0.2, 0) is 24.7 Å². The molecule has 0 aromatic heterocycles. The number of fused-ring (bicyclic) bond motifs is 4. The number of nitrogens with one attached hydrogen (secondary N) is 2. The lowest BCUT2D eigenvalue weighted by Crippen LogP contribution is -2.56. The van der Waals surface area contributed by atoms with E-state index in [0.717, 1.165) is 4.90 Å². The SMILES string of the molecule is CC(C)(C)N1C(=O)[C@@H]2C(CC(N)=O)NC3(C(=O)Nc4ccc(F)cc43)[C@@H]2C1=O. The molecule has 1 aromatic rings. The number of nitrogens with zero attached hydrogens (tertiary/aromatic N) is 1. The minimum Gasteiger partial charge on any atom is -0.370 e. The predicted octanol–water partition coefficient (Wildman–Crippen LogP) is 0.220. The first-order chi connectivity index (χ1) is 13.0. The molecule has 148 valence electrons. The highest BCUT2D eigenvalue weighted by Crippen LogP contribution is 2.54. The largest absolute Gasteiger partial charge is 0.370 e. The van der Waals surface area contributed by atoms with Crippen LogP contribution in [0, 0.1) is 17.7 Å². The molecule has 2 fully saturated rings. The van der Waals surface area contributed by atoms with Gasteiger partial charge in [-0.3, -0.25) is 29.4 Å².